The lowest BCUT2D eigenvalue weighted by Crippen LogP contribution is -2.08. The SMILES string of the molecule is O=C(O)c1c(C(=O)O)c2cc3nc(cc4ccc(cc5nc(cc1n2C(=O)O)C=C5)[nH]4)C=C3. The molecule has 33 heavy (non-hydrogen) atoms. The molecule has 5 heterocycles. The molecule has 10 heteroatoms. The summed E-state index contributed by atoms with van der Waals surface area (Å²) in [6, 6.07) is 9.73. The first-order valence-electron chi connectivity index (χ1n) is 9.64. The van der Waals surface area contributed by atoms with Gasteiger partial charge in [-0.1, -0.05) is 0 Å². The number of carboxylic acids is 2. The van der Waals surface area contributed by atoms with Gasteiger partial charge in [0.25, 0.3) is 0 Å². The number of nitrogens with zero attached hydrogens (tertiary/aromatic N) is 3. The maximum Gasteiger partial charge on any atom is 0.416 e. The molecule has 2 aliphatic rings. The molecule has 2 aliphatic heterocycles. The van der Waals surface area contributed by atoms with Crippen molar-refractivity contribution < 1.29 is 29.7 Å². The van der Waals surface area contributed by atoms with E-state index in [1.165, 1.54) is 12.1 Å². The minimum absolute atomic E-state index is 0.270. The van der Waals surface area contributed by atoms with Gasteiger partial charge in [-0.05, 0) is 60.7 Å². The summed E-state index contributed by atoms with van der Waals surface area (Å²) in [5.41, 5.74) is 1.22. The quantitative estimate of drug-likeness (QED) is 0.319. The molecule has 5 rings (SSSR count). The van der Waals surface area contributed by atoms with Crippen LogP contribution in [0, 0.1) is 0 Å². The van der Waals surface area contributed by atoms with Crippen molar-refractivity contribution >= 4 is 64.4 Å². The van der Waals surface area contributed by atoms with E-state index in [0.717, 1.165) is 11.0 Å². The fourth-order valence-electron chi connectivity index (χ4n) is 3.83. The molecule has 3 aromatic heterocycles. The van der Waals surface area contributed by atoms with E-state index in [0.29, 0.717) is 16.0 Å². The van der Waals surface area contributed by atoms with Crippen LogP contribution in [0.4, 0.5) is 4.79 Å². The van der Waals surface area contributed by atoms with Crippen molar-refractivity contribution in [3.8, 4) is 0 Å². The Balaban J connectivity index is 2.04. The van der Waals surface area contributed by atoms with Crippen LogP contribution in [0.3, 0.4) is 0 Å². The molecule has 0 spiro atoms. The van der Waals surface area contributed by atoms with Crippen molar-refractivity contribution in [1.82, 2.24) is 19.5 Å². The molecule has 0 amide bonds. The number of H-pyrrole nitrogens is 1. The van der Waals surface area contributed by atoms with Crippen molar-refractivity contribution in [2.45, 2.75) is 0 Å². The lowest BCUT2D eigenvalue weighted by atomic mass is 10.1. The fourth-order valence-corrected chi connectivity index (χ4v) is 3.83. The molecule has 0 radical (unpaired) electrons. The lowest BCUT2D eigenvalue weighted by Gasteiger charge is -1.99. The van der Waals surface area contributed by atoms with Gasteiger partial charge in [-0.2, -0.15) is 0 Å². The molecule has 0 aliphatic carbocycles. The molecule has 0 saturated heterocycles. The highest BCUT2D eigenvalue weighted by molar-refractivity contribution is 6.15. The largest absolute Gasteiger partial charge is 0.478 e. The van der Waals surface area contributed by atoms with E-state index in [1.807, 2.05) is 12.1 Å². The highest BCUT2D eigenvalue weighted by atomic mass is 16.4. The fraction of sp³-hybridized carbons (Fsp3) is 0. The number of hydrogen-bond donors (Lipinski definition) is 4. The number of aromatic amines is 1. The van der Waals surface area contributed by atoms with Gasteiger partial charge >= 0.3 is 18.0 Å². The molecule has 10 nitrogen and oxygen atoms in total. The third kappa shape index (κ3) is 3.45. The zero-order valence-electron chi connectivity index (χ0n) is 16.7. The molecule has 0 fully saturated rings. The van der Waals surface area contributed by atoms with E-state index in [-0.39, 0.29) is 22.4 Å². The summed E-state index contributed by atoms with van der Waals surface area (Å²) in [6.45, 7) is 0. The van der Waals surface area contributed by atoms with Gasteiger partial charge in [-0.3, -0.25) is 0 Å². The molecule has 3 aromatic rings. The Bertz CT molecular complexity index is 1500. The topological polar surface area (TPSA) is 158 Å². The number of hydrogen-bond acceptors (Lipinski definition) is 5. The van der Waals surface area contributed by atoms with Crippen molar-refractivity contribution in [2.75, 3.05) is 0 Å². The Morgan fingerprint density at radius 3 is 1.42 bits per heavy atom. The Morgan fingerprint density at radius 1 is 0.667 bits per heavy atom. The highest BCUT2D eigenvalue weighted by Crippen LogP contribution is 2.28. The van der Waals surface area contributed by atoms with Crippen LogP contribution in [-0.4, -0.2) is 52.9 Å². The summed E-state index contributed by atoms with van der Waals surface area (Å²) in [6.07, 6.45) is 4.98. The molecular weight excluding hydrogens is 428 g/mol. The van der Waals surface area contributed by atoms with Crippen LogP contribution < -0.4 is 0 Å². The Hall–Kier alpha value is -4.99. The maximum absolute atomic E-state index is 12.2. The average Bonchev–Trinajstić information content (AvgIpc) is 3.50. The second-order valence-electron chi connectivity index (χ2n) is 7.28. The summed E-state index contributed by atoms with van der Waals surface area (Å²) >= 11 is 0. The summed E-state index contributed by atoms with van der Waals surface area (Å²) in [7, 11) is 0. The van der Waals surface area contributed by atoms with Gasteiger partial charge in [0.1, 0.15) is 11.1 Å². The van der Waals surface area contributed by atoms with Gasteiger partial charge in [0, 0.05) is 11.0 Å². The molecular formula is C23H14N4O6. The Kier molecular flexibility index (Phi) is 4.42. The van der Waals surface area contributed by atoms with E-state index < -0.39 is 29.2 Å². The van der Waals surface area contributed by atoms with Crippen molar-refractivity contribution in [1.29, 1.82) is 0 Å². The molecule has 162 valence electrons. The van der Waals surface area contributed by atoms with Crippen LogP contribution in [0.25, 0.3) is 46.4 Å². The van der Waals surface area contributed by atoms with E-state index in [9.17, 15) is 29.7 Å². The maximum atomic E-state index is 12.2. The summed E-state index contributed by atoms with van der Waals surface area (Å²) in [4.78, 5) is 48.3. The van der Waals surface area contributed by atoms with Crippen LogP contribution in [0.1, 0.15) is 43.5 Å². The second kappa shape index (κ2) is 7.31. The number of carboxylic acid groups (broad SMARTS) is 3. The summed E-state index contributed by atoms with van der Waals surface area (Å²) < 4.78 is 0.630. The van der Waals surface area contributed by atoms with Crippen LogP contribution >= 0.6 is 0 Å². The normalized spacial score (nSPS) is 12.1. The minimum atomic E-state index is -1.58. The predicted octanol–water partition coefficient (Wildman–Crippen LogP) is 4.05. The van der Waals surface area contributed by atoms with Crippen LogP contribution in [0.5, 0.6) is 0 Å². The van der Waals surface area contributed by atoms with Gasteiger partial charge in [0.2, 0.25) is 0 Å². The van der Waals surface area contributed by atoms with E-state index in [1.54, 1.807) is 36.4 Å². The molecule has 0 unspecified atom stereocenters. The smallest absolute Gasteiger partial charge is 0.416 e. The number of rotatable bonds is 2. The standard InChI is InChI=1S/C23H14N4O6/c28-21(29)19-17-9-15-5-3-13(25-15)7-11-1-2-12(24-11)8-14-4-6-16(26-14)10-18(20(19)22(30)31)27(17)23(32)33/h1-10,24H,(H,28,29)(H,30,31)(H,32,33). The van der Waals surface area contributed by atoms with Gasteiger partial charge in [0.05, 0.1) is 33.8 Å². The number of fused-ring (bicyclic) bond motifs is 8. The molecule has 8 bridgehead atoms. The average molecular weight is 442 g/mol. The summed E-state index contributed by atoms with van der Waals surface area (Å²) in [5.74, 6) is -3.15. The Morgan fingerprint density at radius 2 is 1.06 bits per heavy atom. The lowest BCUT2D eigenvalue weighted by molar-refractivity contribution is 0.0655. The minimum Gasteiger partial charge on any atom is -0.478 e. The third-order valence-corrected chi connectivity index (χ3v) is 5.14. The predicted molar refractivity (Wildman–Crippen MR) is 120 cm³/mol. The van der Waals surface area contributed by atoms with E-state index in [4.69, 9.17) is 0 Å². The van der Waals surface area contributed by atoms with Crippen molar-refractivity contribution in [3.05, 3.63) is 70.3 Å². The van der Waals surface area contributed by atoms with Gasteiger partial charge < -0.3 is 20.3 Å². The number of aromatic nitrogens is 4. The van der Waals surface area contributed by atoms with E-state index >= 15 is 0 Å². The van der Waals surface area contributed by atoms with Crippen LogP contribution in [0.15, 0.2) is 36.4 Å². The Labute approximate surface area is 184 Å². The first-order valence-corrected chi connectivity index (χ1v) is 9.64. The number of aromatic carboxylic acids is 2. The van der Waals surface area contributed by atoms with Crippen molar-refractivity contribution in [3.63, 3.8) is 0 Å². The highest BCUT2D eigenvalue weighted by Gasteiger charge is 2.29. The van der Waals surface area contributed by atoms with E-state index in [2.05, 4.69) is 15.0 Å². The number of carbonyl (C=O) groups is 3. The van der Waals surface area contributed by atoms with Gasteiger partial charge in [0.15, 0.2) is 0 Å². The first kappa shape index (κ1) is 19.9. The van der Waals surface area contributed by atoms with Crippen LogP contribution in [-0.2, 0) is 0 Å². The molecule has 0 saturated carbocycles. The zero-order valence-corrected chi connectivity index (χ0v) is 16.7. The number of nitrogens with one attached hydrogen (secondary N) is 1. The molecule has 0 atom stereocenters. The van der Waals surface area contributed by atoms with Gasteiger partial charge in [-0.15, -0.1) is 0 Å². The first-order chi connectivity index (χ1) is 15.8. The molecule has 0 aromatic carbocycles. The van der Waals surface area contributed by atoms with Gasteiger partial charge in [-0.25, -0.2) is 28.9 Å². The monoisotopic (exact) mass is 442 g/mol. The second-order valence-corrected chi connectivity index (χ2v) is 7.28. The third-order valence-electron chi connectivity index (χ3n) is 5.14. The van der Waals surface area contributed by atoms with Crippen LogP contribution in [0.2, 0.25) is 0 Å². The zero-order chi connectivity index (χ0) is 23.3. The summed E-state index contributed by atoms with van der Waals surface area (Å²) in [5, 5.41) is 29.5. The van der Waals surface area contributed by atoms with Crippen molar-refractivity contribution in [2.24, 2.45) is 0 Å². The molecule has 4 N–H and O–H groups in total.